The minimum Gasteiger partial charge on any atom is -0.484 e. The van der Waals surface area contributed by atoms with Crippen LogP contribution in [0.25, 0.3) is 0 Å². The van der Waals surface area contributed by atoms with Crippen LogP contribution in [0.4, 0.5) is 4.39 Å². The Bertz CT molecular complexity index is 525. The first-order valence-electron chi connectivity index (χ1n) is 5.46. The predicted octanol–water partition coefficient (Wildman–Crippen LogP) is 3.42. The molecule has 0 atom stereocenters. The zero-order valence-corrected chi connectivity index (χ0v) is 9.90. The van der Waals surface area contributed by atoms with E-state index in [9.17, 15) is 4.39 Å². The first-order chi connectivity index (χ1) is 8.15. The van der Waals surface area contributed by atoms with Gasteiger partial charge in [0.25, 0.3) is 0 Å². The Kier molecular flexibility index (Phi) is 3.38. The Labute approximate surface area is 100 Å². The lowest BCUT2D eigenvalue weighted by Crippen LogP contribution is -2.00. The highest BCUT2D eigenvalue weighted by molar-refractivity contribution is 5.29. The third-order valence-electron chi connectivity index (χ3n) is 2.41. The first kappa shape index (κ1) is 11.6. The van der Waals surface area contributed by atoms with Gasteiger partial charge in [0.2, 0.25) is 0 Å². The van der Waals surface area contributed by atoms with E-state index in [2.05, 4.69) is 4.98 Å². The molecule has 0 bridgehead atoms. The van der Waals surface area contributed by atoms with Crippen molar-refractivity contribution in [3.8, 4) is 5.75 Å². The molecule has 2 nitrogen and oxygen atoms in total. The van der Waals surface area contributed by atoms with Crippen molar-refractivity contribution in [2.75, 3.05) is 0 Å². The molecule has 1 aromatic carbocycles. The number of hydrogen-bond donors (Lipinski definition) is 0. The van der Waals surface area contributed by atoms with E-state index < -0.39 is 0 Å². The third kappa shape index (κ3) is 3.03. The fourth-order valence-electron chi connectivity index (χ4n) is 1.55. The van der Waals surface area contributed by atoms with E-state index in [1.165, 1.54) is 6.07 Å². The summed E-state index contributed by atoms with van der Waals surface area (Å²) in [6, 6.07) is 10.5. The van der Waals surface area contributed by atoms with Crippen LogP contribution in [0.1, 0.15) is 17.0 Å². The number of pyridine rings is 1. The van der Waals surface area contributed by atoms with Crippen LogP contribution < -0.4 is 4.74 Å². The number of nitrogens with zero attached hydrogens (tertiary/aromatic N) is 1. The average molecular weight is 231 g/mol. The molecule has 0 radical (unpaired) electrons. The summed E-state index contributed by atoms with van der Waals surface area (Å²) < 4.78 is 18.8. The maximum atomic E-state index is 13.4. The highest BCUT2D eigenvalue weighted by Crippen LogP contribution is 2.19. The van der Waals surface area contributed by atoms with Crippen LogP contribution in [0.2, 0.25) is 0 Å². The normalized spacial score (nSPS) is 10.3. The second kappa shape index (κ2) is 4.95. The monoisotopic (exact) mass is 231 g/mol. The number of halogens is 1. The summed E-state index contributed by atoms with van der Waals surface area (Å²) in [5, 5.41) is 0. The van der Waals surface area contributed by atoms with Crippen molar-refractivity contribution in [2.24, 2.45) is 0 Å². The van der Waals surface area contributed by atoms with E-state index >= 15 is 0 Å². The molecule has 0 unspecified atom stereocenters. The Morgan fingerprint density at radius 1 is 1.18 bits per heavy atom. The van der Waals surface area contributed by atoms with Crippen LogP contribution in [-0.2, 0) is 6.61 Å². The second-order valence-electron chi connectivity index (χ2n) is 3.99. The van der Waals surface area contributed by atoms with Crippen molar-refractivity contribution in [1.82, 2.24) is 4.98 Å². The van der Waals surface area contributed by atoms with Gasteiger partial charge in [-0.25, -0.2) is 4.39 Å². The standard InChI is InChI=1S/C14H14FNO/c1-10-6-7-13(15)14(8-10)17-9-12-5-3-4-11(2)16-12/h3-8H,9H2,1-2H3. The summed E-state index contributed by atoms with van der Waals surface area (Å²) in [6.45, 7) is 4.09. The molecule has 0 saturated heterocycles. The highest BCUT2D eigenvalue weighted by Gasteiger charge is 2.04. The molecule has 0 aliphatic carbocycles. The van der Waals surface area contributed by atoms with Gasteiger partial charge in [0.15, 0.2) is 11.6 Å². The Morgan fingerprint density at radius 3 is 2.76 bits per heavy atom. The molecule has 0 fully saturated rings. The number of rotatable bonds is 3. The van der Waals surface area contributed by atoms with Gasteiger partial charge < -0.3 is 4.74 Å². The molecule has 3 heteroatoms. The van der Waals surface area contributed by atoms with Gasteiger partial charge in [0, 0.05) is 5.69 Å². The minimum absolute atomic E-state index is 0.272. The number of hydrogen-bond acceptors (Lipinski definition) is 2. The third-order valence-corrected chi connectivity index (χ3v) is 2.41. The first-order valence-corrected chi connectivity index (χ1v) is 5.46. The Balaban J connectivity index is 2.09. The van der Waals surface area contributed by atoms with Gasteiger partial charge in [-0.3, -0.25) is 4.98 Å². The topological polar surface area (TPSA) is 22.1 Å². The van der Waals surface area contributed by atoms with Gasteiger partial charge in [-0.1, -0.05) is 12.1 Å². The van der Waals surface area contributed by atoms with Crippen molar-refractivity contribution in [1.29, 1.82) is 0 Å². The molecule has 1 aromatic heterocycles. The minimum atomic E-state index is -0.344. The Morgan fingerprint density at radius 2 is 2.00 bits per heavy atom. The average Bonchev–Trinajstić information content (AvgIpc) is 2.30. The second-order valence-corrected chi connectivity index (χ2v) is 3.99. The van der Waals surface area contributed by atoms with Crippen LogP contribution >= 0.6 is 0 Å². The SMILES string of the molecule is Cc1ccc(F)c(OCc2cccc(C)n2)c1. The smallest absolute Gasteiger partial charge is 0.165 e. The van der Waals surface area contributed by atoms with Gasteiger partial charge in [-0.05, 0) is 43.7 Å². The van der Waals surface area contributed by atoms with Crippen LogP contribution in [0, 0.1) is 19.7 Å². The zero-order chi connectivity index (χ0) is 12.3. The molecule has 2 aromatic rings. The van der Waals surface area contributed by atoms with Crippen LogP contribution in [0.3, 0.4) is 0 Å². The fourth-order valence-corrected chi connectivity index (χ4v) is 1.55. The molecule has 0 aliphatic heterocycles. The van der Waals surface area contributed by atoms with Gasteiger partial charge in [0.05, 0.1) is 5.69 Å². The summed E-state index contributed by atoms with van der Waals surface area (Å²) in [7, 11) is 0. The van der Waals surface area contributed by atoms with Crippen LogP contribution in [-0.4, -0.2) is 4.98 Å². The molecule has 17 heavy (non-hydrogen) atoms. The van der Waals surface area contributed by atoms with E-state index in [4.69, 9.17) is 4.74 Å². The molecular weight excluding hydrogens is 217 g/mol. The lowest BCUT2D eigenvalue weighted by molar-refractivity contribution is 0.285. The van der Waals surface area contributed by atoms with Crippen molar-refractivity contribution >= 4 is 0 Å². The van der Waals surface area contributed by atoms with Gasteiger partial charge in [0.1, 0.15) is 6.61 Å². The Hall–Kier alpha value is -1.90. The van der Waals surface area contributed by atoms with Crippen molar-refractivity contribution in [2.45, 2.75) is 20.5 Å². The molecule has 88 valence electrons. The lowest BCUT2D eigenvalue weighted by atomic mass is 10.2. The molecule has 0 amide bonds. The van der Waals surface area contributed by atoms with E-state index in [-0.39, 0.29) is 18.2 Å². The summed E-state index contributed by atoms with van der Waals surface area (Å²) >= 11 is 0. The van der Waals surface area contributed by atoms with Gasteiger partial charge in [-0.15, -0.1) is 0 Å². The number of aryl methyl sites for hydroxylation is 2. The molecule has 0 saturated carbocycles. The van der Waals surface area contributed by atoms with Crippen LogP contribution in [0.15, 0.2) is 36.4 Å². The van der Waals surface area contributed by atoms with E-state index in [1.807, 2.05) is 32.0 Å². The quantitative estimate of drug-likeness (QED) is 0.807. The lowest BCUT2D eigenvalue weighted by Gasteiger charge is -2.07. The number of ether oxygens (including phenoxy) is 1. The maximum Gasteiger partial charge on any atom is 0.165 e. The van der Waals surface area contributed by atoms with Crippen molar-refractivity contribution < 1.29 is 9.13 Å². The molecule has 0 spiro atoms. The summed E-state index contributed by atoms with van der Waals surface area (Å²) in [5.41, 5.74) is 2.69. The van der Waals surface area contributed by atoms with E-state index in [1.54, 1.807) is 12.1 Å². The van der Waals surface area contributed by atoms with Gasteiger partial charge >= 0.3 is 0 Å². The molecule has 2 rings (SSSR count). The maximum absolute atomic E-state index is 13.4. The van der Waals surface area contributed by atoms with E-state index in [0.29, 0.717) is 0 Å². The molecular formula is C14H14FNO. The molecule has 0 N–H and O–H groups in total. The van der Waals surface area contributed by atoms with Gasteiger partial charge in [-0.2, -0.15) is 0 Å². The zero-order valence-electron chi connectivity index (χ0n) is 9.90. The largest absolute Gasteiger partial charge is 0.484 e. The van der Waals surface area contributed by atoms with Crippen molar-refractivity contribution in [3.63, 3.8) is 0 Å². The summed E-state index contributed by atoms with van der Waals surface area (Å²) in [4.78, 5) is 4.29. The molecule has 1 heterocycles. The highest BCUT2D eigenvalue weighted by atomic mass is 19.1. The fraction of sp³-hybridized carbons (Fsp3) is 0.214. The van der Waals surface area contributed by atoms with Crippen LogP contribution in [0.5, 0.6) is 5.75 Å². The number of aromatic nitrogens is 1. The predicted molar refractivity (Wildman–Crippen MR) is 64.4 cm³/mol. The number of benzene rings is 1. The summed E-state index contributed by atoms with van der Waals surface area (Å²) in [5.74, 6) is -0.0726. The van der Waals surface area contributed by atoms with E-state index in [0.717, 1.165) is 17.0 Å². The van der Waals surface area contributed by atoms with Crippen molar-refractivity contribution in [3.05, 3.63) is 59.2 Å². The summed E-state index contributed by atoms with van der Waals surface area (Å²) in [6.07, 6.45) is 0. The molecule has 0 aliphatic rings.